The number of methoxy groups -OCH3 is 1. The maximum Gasteiger partial charge on any atom is 0.251 e. The van der Waals surface area contributed by atoms with E-state index in [2.05, 4.69) is 15.4 Å². The van der Waals surface area contributed by atoms with Gasteiger partial charge in [-0.15, -0.1) is 0 Å². The number of amides is 1. The van der Waals surface area contributed by atoms with Crippen LogP contribution in [0.1, 0.15) is 53.9 Å². The smallest absolute Gasteiger partial charge is 0.251 e. The Hall–Kier alpha value is -4.52. The van der Waals surface area contributed by atoms with E-state index in [1.54, 1.807) is 30.3 Å². The molecule has 2 heterocycles. The van der Waals surface area contributed by atoms with Crippen LogP contribution >= 0.6 is 11.6 Å². The minimum Gasteiger partial charge on any atom is -0.494 e. The van der Waals surface area contributed by atoms with E-state index in [9.17, 15) is 23.8 Å². The number of carbonyl (C=O) groups is 1. The largest absolute Gasteiger partial charge is 0.494 e. The molecule has 1 fully saturated rings. The Morgan fingerprint density at radius 2 is 1.77 bits per heavy atom. The first-order valence-corrected chi connectivity index (χ1v) is 14.9. The molecule has 1 aliphatic rings. The lowest BCUT2D eigenvalue weighted by Gasteiger charge is -2.31. The lowest BCUT2D eigenvalue weighted by atomic mass is 9.86. The molecule has 1 aliphatic carbocycles. The van der Waals surface area contributed by atoms with E-state index < -0.39 is 63.2 Å². The first-order valence-electron chi connectivity index (χ1n) is 14.6. The first-order chi connectivity index (χ1) is 22.1. The summed E-state index contributed by atoms with van der Waals surface area (Å²) in [5.74, 6) is -5.38. The van der Waals surface area contributed by atoms with Crippen LogP contribution in [-0.4, -0.2) is 44.5 Å². The molecule has 1 saturated carbocycles. The molecule has 244 valence electrons. The number of halogens is 5. The first kappa shape index (κ1) is 32.4. The molecule has 47 heavy (non-hydrogen) atoms. The number of pyridine rings is 1. The third kappa shape index (κ3) is 5.92. The number of benzene rings is 3. The summed E-state index contributed by atoms with van der Waals surface area (Å²) < 4.78 is 66.3. The Kier molecular flexibility index (Phi) is 8.02. The highest BCUT2D eigenvalue weighted by atomic mass is 35.5. The number of ether oxygens (including phenoxy) is 1. The van der Waals surface area contributed by atoms with Crippen LogP contribution in [-0.2, 0) is 17.0 Å². The van der Waals surface area contributed by atoms with Gasteiger partial charge in [0.1, 0.15) is 34.2 Å². The van der Waals surface area contributed by atoms with Crippen molar-refractivity contribution in [1.82, 2.24) is 20.1 Å². The number of alkyl halides is 1. The summed E-state index contributed by atoms with van der Waals surface area (Å²) in [7, 11) is 1.39. The number of aliphatic hydroxyl groups is 2. The summed E-state index contributed by atoms with van der Waals surface area (Å²) >= 11 is 5.90. The zero-order valence-electron chi connectivity index (χ0n) is 25.4. The van der Waals surface area contributed by atoms with E-state index in [-0.39, 0.29) is 28.1 Å². The number of fused-ring (bicyclic) bond motifs is 1. The van der Waals surface area contributed by atoms with Crippen LogP contribution in [0.5, 0.6) is 5.75 Å². The van der Waals surface area contributed by atoms with Gasteiger partial charge in [-0.05, 0) is 43.7 Å². The molecule has 0 saturated heterocycles. The number of carbonyl (C=O) groups excluding carboxylic acids is 1. The second-order valence-corrected chi connectivity index (χ2v) is 12.4. The molecular weight excluding hydrogens is 640 g/mol. The van der Waals surface area contributed by atoms with Crippen molar-refractivity contribution in [3.63, 3.8) is 0 Å². The van der Waals surface area contributed by atoms with Crippen molar-refractivity contribution in [2.24, 2.45) is 0 Å². The quantitative estimate of drug-likeness (QED) is 0.122. The number of nitrogens with one attached hydrogen (secondary N) is 1. The fourth-order valence-corrected chi connectivity index (χ4v) is 5.52. The van der Waals surface area contributed by atoms with E-state index in [0.29, 0.717) is 29.8 Å². The zero-order chi connectivity index (χ0) is 33.9. The highest BCUT2D eigenvalue weighted by Gasteiger charge is 2.46. The Bertz CT molecular complexity index is 2030. The van der Waals surface area contributed by atoms with Crippen LogP contribution in [0.15, 0.2) is 66.9 Å². The SMILES string of the molecule is COc1cc(C(=O)NC[C@@](O)(c2ccccc2)c2cc(C(C)(C)O)c(F)c(-c3cc(Cl)c(F)cc3F)n2)cc2cn(C3(F)CC3)nc12. The molecule has 3 N–H and O–H groups in total. The van der Waals surface area contributed by atoms with Crippen molar-refractivity contribution in [3.05, 3.63) is 112 Å². The number of hydrogen-bond acceptors (Lipinski definition) is 6. The second kappa shape index (κ2) is 11.6. The average Bonchev–Trinajstić information content (AvgIpc) is 3.63. The normalized spacial score (nSPS) is 15.4. The molecule has 6 rings (SSSR count). The van der Waals surface area contributed by atoms with Gasteiger partial charge in [-0.2, -0.15) is 5.10 Å². The van der Waals surface area contributed by atoms with Gasteiger partial charge < -0.3 is 20.3 Å². The molecule has 13 heteroatoms. The molecule has 1 amide bonds. The van der Waals surface area contributed by atoms with E-state index in [0.717, 1.165) is 12.1 Å². The Balaban J connectivity index is 1.44. The zero-order valence-corrected chi connectivity index (χ0v) is 26.2. The molecule has 2 aromatic heterocycles. The van der Waals surface area contributed by atoms with Gasteiger partial charge in [0, 0.05) is 47.2 Å². The van der Waals surface area contributed by atoms with Crippen molar-refractivity contribution in [2.45, 2.75) is 43.7 Å². The molecule has 1 atom stereocenters. The monoisotopic (exact) mass is 668 g/mol. The van der Waals surface area contributed by atoms with Crippen molar-refractivity contribution in [1.29, 1.82) is 0 Å². The number of nitrogens with zero attached hydrogens (tertiary/aromatic N) is 3. The molecular formula is C34H29ClF4N4O4. The molecule has 0 aliphatic heterocycles. The van der Waals surface area contributed by atoms with E-state index >= 15 is 8.78 Å². The summed E-state index contributed by atoms with van der Waals surface area (Å²) in [6, 6.07) is 13.4. The summed E-state index contributed by atoms with van der Waals surface area (Å²) in [5.41, 5.74) is -5.10. The molecule has 0 spiro atoms. The van der Waals surface area contributed by atoms with Gasteiger partial charge in [0.25, 0.3) is 5.91 Å². The summed E-state index contributed by atoms with van der Waals surface area (Å²) in [6.45, 7) is 2.05. The number of rotatable bonds is 9. The van der Waals surface area contributed by atoms with Crippen molar-refractivity contribution >= 4 is 28.4 Å². The summed E-state index contributed by atoms with van der Waals surface area (Å²) in [6.07, 6.45) is 2.14. The highest BCUT2D eigenvalue weighted by Crippen LogP contribution is 2.45. The van der Waals surface area contributed by atoms with Gasteiger partial charge in [0.15, 0.2) is 5.82 Å². The topological polar surface area (TPSA) is 110 Å². The lowest BCUT2D eigenvalue weighted by Crippen LogP contribution is -2.42. The van der Waals surface area contributed by atoms with Gasteiger partial charge >= 0.3 is 0 Å². The fourth-order valence-electron chi connectivity index (χ4n) is 5.36. The minimum absolute atomic E-state index is 0.112. The Morgan fingerprint density at radius 1 is 1.06 bits per heavy atom. The molecule has 3 aromatic carbocycles. The number of hydrogen-bond donors (Lipinski definition) is 3. The van der Waals surface area contributed by atoms with Crippen LogP contribution < -0.4 is 10.1 Å². The van der Waals surface area contributed by atoms with Crippen LogP contribution in [0.25, 0.3) is 22.2 Å². The van der Waals surface area contributed by atoms with Gasteiger partial charge in [0.2, 0.25) is 5.79 Å². The van der Waals surface area contributed by atoms with Crippen molar-refractivity contribution in [3.8, 4) is 17.0 Å². The second-order valence-electron chi connectivity index (χ2n) is 12.0. The van der Waals surface area contributed by atoms with E-state index in [1.165, 1.54) is 44.0 Å². The molecule has 0 radical (unpaired) electrons. The summed E-state index contributed by atoms with van der Waals surface area (Å²) in [4.78, 5) is 17.8. The van der Waals surface area contributed by atoms with Crippen LogP contribution in [0.3, 0.4) is 0 Å². The van der Waals surface area contributed by atoms with Gasteiger partial charge in [-0.3, -0.25) is 4.79 Å². The predicted octanol–water partition coefficient (Wildman–Crippen LogP) is 6.49. The maximum atomic E-state index is 15.9. The van der Waals surface area contributed by atoms with Crippen LogP contribution in [0.4, 0.5) is 17.6 Å². The van der Waals surface area contributed by atoms with Gasteiger partial charge in [-0.25, -0.2) is 27.2 Å². The Labute approximate surface area is 271 Å². The Morgan fingerprint density at radius 3 is 2.40 bits per heavy atom. The van der Waals surface area contributed by atoms with E-state index in [4.69, 9.17) is 16.3 Å². The predicted molar refractivity (Wildman–Crippen MR) is 166 cm³/mol. The van der Waals surface area contributed by atoms with Gasteiger partial charge in [0.05, 0.1) is 30.0 Å². The fraction of sp³-hybridized carbons (Fsp3) is 0.265. The van der Waals surface area contributed by atoms with Crippen LogP contribution in [0, 0.1) is 17.5 Å². The maximum absolute atomic E-state index is 15.9. The van der Waals surface area contributed by atoms with Crippen LogP contribution in [0.2, 0.25) is 5.02 Å². The highest BCUT2D eigenvalue weighted by molar-refractivity contribution is 6.31. The summed E-state index contributed by atoms with van der Waals surface area (Å²) in [5, 5.41) is 30.1. The minimum atomic E-state index is -2.18. The third-order valence-corrected chi connectivity index (χ3v) is 8.48. The van der Waals surface area contributed by atoms with Gasteiger partial charge in [-0.1, -0.05) is 41.9 Å². The molecule has 0 unspecified atom stereocenters. The van der Waals surface area contributed by atoms with Crippen molar-refractivity contribution in [2.75, 3.05) is 13.7 Å². The number of aromatic nitrogens is 3. The molecule has 8 nitrogen and oxygen atoms in total. The lowest BCUT2D eigenvalue weighted by molar-refractivity contribution is 0.0625. The average molecular weight is 669 g/mol. The van der Waals surface area contributed by atoms with E-state index in [1.807, 2.05) is 0 Å². The standard InChI is InChI=1S/C34H29ClF4N4O4/c1-32(2,45)22-14-27(41-30(28(22)38)21-13-23(35)25(37)15-24(21)36)34(46,20-7-5-4-6-8-20)17-40-31(44)18-11-19-16-43(33(39)9-10-33)42-29(19)26(12-18)47-3/h4-8,11-16,45-46H,9-10,17H2,1-3H3,(H,40,44)/t34-/m1/s1. The molecule has 0 bridgehead atoms. The van der Waals surface area contributed by atoms with Crippen molar-refractivity contribution < 1.29 is 37.3 Å². The third-order valence-electron chi connectivity index (χ3n) is 8.19. The molecule has 5 aromatic rings.